The molecule has 3 nitrogen and oxygen atoms in total. The van der Waals surface area contributed by atoms with Gasteiger partial charge in [-0.2, -0.15) is 0 Å². The minimum atomic E-state index is -0.437. The maximum absolute atomic E-state index is 13.1. The Kier molecular flexibility index (Phi) is 4.25. The highest BCUT2D eigenvalue weighted by atomic mass is 35.5. The van der Waals surface area contributed by atoms with Crippen LogP contribution in [0.5, 0.6) is 0 Å². The Balaban J connectivity index is 2.38. The van der Waals surface area contributed by atoms with Crippen LogP contribution >= 0.6 is 11.8 Å². The summed E-state index contributed by atoms with van der Waals surface area (Å²) in [5, 5.41) is 0. The summed E-state index contributed by atoms with van der Waals surface area (Å²) in [6, 6.07) is 11.0. The van der Waals surface area contributed by atoms with E-state index in [9.17, 15) is 9.18 Å². The Morgan fingerprint density at radius 2 is 2.00 bits per heavy atom. The normalized spacial score (nSPS) is 10.2. The topological polar surface area (TPSA) is 29.5 Å². The molecule has 0 saturated heterocycles. The summed E-state index contributed by atoms with van der Waals surface area (Å²) >= 11 is 6.27. The fourth-order valence-corrected chi connectivity index (χ4v) is 2.15. The number of halogens is 2. The fourth-order valence-electron chi connectivity index (χ4n) is 1.85. The van der Waals surface area contributed by atoms with Crippen LogP contribution < -0.4 is 4.42 Å². The SMILES string of the molecule is COC(=O)c1cccc(N(Cl)c2ccc(F)cc2C)c1. The molecule has 0 aliphatic carbocycles. The third kappa shape index (κ3) is 2.91. The second-order valence-electron chi connectivity index (χ2n) is 4.25. The number of ether oxygens (including phenoxy) is 1. The summed E-state index contributed by atoms with van der Waals surface area (Å²) in [6.45, 7) is 1.76. The van der Waals surface area contributed by atoms with Crippen LogP contribution in [-0.2, 0) is 4.74 Å². The molecule has 5 heteroatoms. The molecular formula is C15H13ClFNO2. The lowest BCUT2D eigenvalue weighted by atomic mass is 10.1. The van der Waals surface area contributed by atoms with E-state index >= 15 is 0 Å². The molecule has 0 fully saturated rings. The fraction of sp³-hybridized carbons (Fsp3) is 0.133. The summed E-state index contributed by atoms with van der Waals surface area (Å²) in [5.74, 6) is -0.757. The summed E-state index contributed by atoms with van der Waals surface area (Å²) in [7, 11) is 1.32. The van der Waals surface area contributed by atoms with Gasteiger partial charge in [-0.3, -0.25) is 4.42 Å². The highest BCUT2D eigenvalue weighted by molar-refractivity contribution is 6.29. The summed E-state index contributed by atoms with van der Waals surface area (Å²) < 4.78 is 19.1. The average molecular weight is 294 g/mol. The van der Waals surface area contributed by atoms with Crippen molar-refractivity contribution in [3.63, 3.8) is 0 Å². The Morgan fingerprint density at radius 3 is 2.65 bits per heavy atom. The Labute approximate surface area is 121 Å². The molecule has 0 spiro atoms. The zero-order chi connectivity index (χ0) is 14.7. The van der Waals surface area contributed by atoms with Crippen molar-refractivity contribution in [3.05, 3.63) is 59.4 Å². The van der Waals surface area contributed by atoms with Crippen LogP contribution in [0.2, 0.25) is 0 Å². The number of rotatable bonds is 3. The van der Waals surface area contributed by atoms with E-state index < -0.39 is 5.97 Å². The molecule has 0 aliphatic heterocycles. The summed E-state index contributed by atoms with van der Waals surface area (Å²) in [5.41, 5.74) is 2.35. The van der Waals surface area contributed by atoms with E-state index in [4.69, 9.17) is 11.8 Å². The number of benzene rings is 2. The van der Waals surface area contributed by atoms with Gasteiger partial charge in [0, 0.05) is 11.8 Å². The molecule has 0 saturated carbocycles. The highest BCUT2D eigenvalue weighted by Gasteiger charge is 2.13. The van der Waals surface area contributed by atoms with Crippen molar-refractivity contribution in [1.29, 1.82) is 0 Å². The predicted molar refractivity (Wildman–Crippen MR) is 76.9 cm³/mol. The molecule has 0 unspecified atom stereocenters. The van der Waals surface area contributed by atoms with Gasteiger partial charge in [-0.15, -0.1) is 0 Å². The molecule has 104 valence electrons. The first-order valence-electron chi connectivity index (χ1n) is 5.93. The molecule has 0 N–H and O–H groups in total. The maximum Gasteiger partial charge on any atom is 0.337 e. The minimum absolute atomic E-state index is 0.320. The standard InChI is InChI=1S/C15H13ClFNO2/c1-10-8-12(17)6-7-14(10)18(16)13-5-3-4-11(9-13)15(19)20-2/h3-9H,1-2H3. The van der Waals surface area contributed by atoms with Crippen molar-refractivity contribution in [2.45, 2.75) is 6.92 Å². The molecule has 2 aromatic rings. The van der Waals surface area contributed by atoms with Gasteiger partial charge in [0.15, 0.2) is 0 Å². The first-order valence-corrected chi connectivity index (χ1v) is 6.27. The number of methoxy groups -OCH3 is 1. The smallest absolute Gasteiger partial charge is 0.337 e. The average Bonchev–Trinajstić information content (AvgIpc) is 2.46. The van der Waals surface area contributed by atoms with Crippen molar-refractivity contribution in [2.24, 2.45) is 0 Å². The Morgan fingerprint density at radius 1 is 1.25 bits per heavy atom. The van der Waals surface area contributed by atoms with E-state index in [0.29, 0.717) is 22.5 Å². The van der Waals surface area contributed by atoms with Gasteiger partial charge >= 0.3 is 5.97 Å². The van der Waals surface area contributed by atoms with Crippen molar-refractivity contribution in [3.8, 4) is 0 Å². The van der Waals surface area contributed by atoms with Crippen LogP contribution in [0.4, 0.5) is 15.8 Å². The van der Waals surface area contributed by atoms with E-state index in [-0.39, 0.29) is 5.82 Å². The molecule has 2 rings (SSSR count). The quantitative estimate of drug-likeness (QED) is 0.627. The van der Waals surface area contributed by atoms with Crippen molar-refractivity contribution < 1.29 is 13.9 Å². The lowest BCUT2D eigenvalue weighted by Crippen LogP contribution is -2.06. The highest BCUT2D eigenvalue weighted by Crippen LogP contribution is 2.31. The van der Waals surface area contributed by atoms with Crippen LogP contribution in [-0.4, -0.2) is 13.1 Å². The first kappa shape index (κ1) is 14.3. The second-order valence-corrected chi connectivity index (χ2v) is 4.59. The third-order valence-corrected chi connectivity index (χ3v) is 3.24. The molecule has 0 aliphatic rings. The maximum atomic E-state index is 13.1. The number of hydrogen-bond acceptors (Lipinski definition) is 3. The first-order chi connectivity index (χ1) is 9.52. The number of carbonyl (C=O) groups is 1. The number of aryl methyl sites for hydroxylation is 1. The molecule has 0 atom stereocenters. The number of anilines is 2. The zero-order valence-corrected chi connectivity index (χ0v) is 11.8. The second kappa shape index (κ2) is 5.92. The molecule has 2 aromatic carbocycles. The van der Waals surface area contributed by atoms with Crippen molar-refractivity contribution >= 4 is 29.1 Å². The Bertz CT molecular complexity index is 646. The molecule has 0 amide bonds. The minimum Gasteiger partial charge on any atom is -0.465 e. The number of nitrogens with zero attached hydrogens (tertiary/aromatic N) is 1. The Hall–Kier alpha value is -2.07. The van der Waals surface area contributed by atoms with Crippen LogP contribution in [0, 0.1) is 12.7 Å². The van der Waals surface area contributed by atoms with Crippen LogP contribution in [0.15, 0.2) is 42.5 Å². The number of hydrogen-bond donors (Lipinski definition) is 0. The zero-order valence-electron chi connectivity index (χ0n) is 11.1. The molecule has 0 heterocycles. The summed E-state index contributed by atoms with van der Waals surface area (Å²) in [6.07, 6.45) is 0. The number of carbonyl (C=O) groups excluding carboxylic acids is 1. The predicted octanol–water partition coefficient (Wildman–Crippen LogP) is 4.21. The van der Waals surface area contributed by atoms with Gasteiger partial charge in [0.05, 0.1) is 24.0 Å². The van der Waals surface area contributed by atoms with E-state index in [2.05, 4.69) is 4.74 Å². The largest absolute Gasteiger partial charge is 0.465 e. The summed E-state index contributed by atoms with van der Waals surface area (Å²) in [4.78, 5) is 11.5. The van der Waals surface area contributed by atoms with Gasteiger partial charge in [0.2, 0.25) is 0 Å². The van der Waals surface area contributed by atoms with Gasteiger partial charge in [0.25, 0.3) is 0 Å². The van der Waals surface area contributed by atoms with Crippen LogP contribution in [0.1, 0.15) is 15.9 Å². The molecule has 0 bridgehead atoms. The lowest BCUT2D eigenvalue weighted by molar-refractivity contribution is 0.0601. The van der Waals surface area contributed by atoms with E-state index in [1.807, 2.05) is 0 Å². The van der Waals surface area contributed by atoms with Gasteiger partial charge < -0.3 is 4.74 Å². The van der Waals surface area contributed by atoms with E-state index in [1.165, 1.54) is 23.7 Å². The molecular weight excluding hydrogens is 281 g/mol. The monoisotopic (exact) mass is 293 g/mol. The molecule has 20 heavy (non-hydrogen) atoms. The van der Waals surface area contributed by atoms with Gasteiger partial charge in [-0.1, -0.05) is 6.07 Å². The van der Waals surface area contributed by atoms with Crippen molar-refractivity contribution in [2.75, 3.05) is 11.5 Å². The van der Waals surface area contributed by atoms with Crippen molar-refractivity contribution in [1.82, 2.24) is 0 Å². The lowest BCUT2D eigenvalue weighted by Gasteiger charge is -2.18. The van der Waals surface area contributed by atoms with Crippen LogP contribution in [0.3, 0.4) is 0 Å². The van der Waals surface area contributed by atoms with E-state index in [0.717, 1.165) is 0 Å². The van der Waals surface area contributed by atoms with Crippen LogP contribution in [0.25, 0.3) is 0 Å². The van der Waals surface area contributed by atoms with Gasteiger partial charge in [-0.05, 0) is 48.9 Å². The molecule has 0 aromatic heterocycles. The van der Waals surface area contributed by atoms with E-state index in [1.54, 1.807) is 37.3 Å². The third-order valence-electron chi connectivity index (χ3n) is 2.86. The van der Waals surface area contributed by atoms with Gasteiger partial charge in [-0.25, -0.2) is 9.18 Å². The molecule has 0 radical (unpaired) electrons. The van der Waals surface area contributed by atoms with Gasteiger partial charge in [0.1, 0.15) is 5.82 Å². The number of esters is 1.